The maximum atomic E-state index is 10.4. The fraction of sp³-hybridized carbons (Fsp3) is 0.800. The van der Waals surface area contributed by atoms with Gasteiger partial charge in [-0.05, 0) is 39.5 Å². The molecule has 4 heteroatoms. The van der Waals surface area contributed by atoms with Gasteiger partial charge in [0, 0.05) is 19.0 Å². The Bertz CT molecular complexity index is 437. The van der Waals surface area contributed by atoms with Crippen molar-refractivity contribution in [1.29, 1.82) is 0 Å². The van der Waals surface area contributed by atoms with Crippen molar-refractivity contribution < 1.29 is 5.11 Å². The van der Waals surface area contributed by atoms with Gasteiger partial charge in [-0.3, -0.25) is 0 Å². The summed E-state index contributed by atoms with van der Waals surface area (Å²) >= 11 is 1.72. The molecule has 1 aromatic heterocycles. The molecule has 3 nitrogen and oxygen atoms in total. The minimum absolute atomic E-state index is 0.610. The average molecular weight is 280 g/mol. The van der Waals surface area contributed by atoms with E-state index in [-0.39, 0.29) is 0 Å². The molecular formula is C15H24N2OS. The predicted molar refractivity (Wildman–Crippen MR) is 80.0 cm³/mol. The largest absolute Gasteiger partial charge is 0.385 e. The predicted octanol–water partition coefficient (Wildman–Crippen LogP) is 3.63. The normalized spacial score (nSPS) is 21.5. The van der Waals surface area contributed by atoms with Crippen molar-refractivity contribution in [3.8, 4) is 0 Å². The molecule has 1 aliphatic heterocycles. The van der Waals surface area contributed by atoms with E-state index in [9.17, 15) is 5.11 Å². The van der Waals surface area contributed by atoms with Crippen molar-refractivity contribution in [3.63, 3.8) is 0 Å². The van der Waals surface area contributed by atoms with Gasteiger partial charge in [-0.2, -0.15) is 0 Å². The van der Waals surface area contributed by atoms with Gasteiger partial charge >= 0.3 is 0 Å². The van der Waals surface area contributed by atoms with Gasteiger partial charge in [-0.1, -0.05) is 24.2 Å². The van der Waals surface area contributed by atoms with Gasteiger partial charge in [0.05, 0.1) is 16.2 Å². The van der Waals surface area contributed by atoms with Gasteiger partial charge in [0.2, 0.25) is 0 Å². The third-order valence-electron chi connectivity index (χ3n) is 4.04. The molecule has 0 unspecified atom stereocenters. The van der Waals surface area contributed by atoms with E-state index in [1.807, 2.05) is 13.8 Å². The van der Waals surface area contributed by atoms with Crippen molar-refractivity contribution in [2.45, 2.75) is 63.9 Å². The van der Waals surface area contributed by atoms with E-state index in [1.54, 1.807) is 11.3 Å². The van der Waals surface area contributed by atoms with Gasteiger partial charge in [0.1, 0.15) is 0 Å². The molecule has 1 aromatic rings. The molecule has 2 heterocycles. The van der Waals surface area contributed by atoms with Crippen LogP contribution in [0.3, 0.4) is 0 Å². The van der Waals surface area contributed by atoms with E-state index >= 15 is 0 Å². The third-order valence-corrected chi connectivity index (χ3v) is 5.48. The molecule has 1 aliphatic carbocycles. The van der Waals surface area contributed by atoms with Crippen LogP contribution in [0.1, 0.15) is 68.9 Å². The molecule has 3 rings (SSSR count). The summed E-state index contributed by atoms with van der Waals surface area (Å²) in [5.74, 6) is 0.610. The van der Waals surface area contributed by atoms with Crippen LogP contribution in [0.25, 0.3) is 0 Å². The summed E-state index contributed by atoms with van der Waals surface area (Å²) in [6, 6.07) is 0. The Morgan fingerprint density at radius 1 is 1.16 bits per heavy atom. The first-order chi connectivity index (χ1) is 9.05. The molecular weight excluding hydrogens is 256 g/mol. The molecule has 0 atom stereocenters. The van der Waals surface area contributed by atoms with Crippen molar-refractivity contribution in [2.24, 2.45) is 0 Å². The number of anilines is 1. The molecule has 0 radical (unpaired) electrons. The van der Waals surface area contributed by atoms with Crippen molar-refractivity contribution >= 4 is 16.5 Å². The van der Waals surface area contributed by atoms with Crippen LogP contribution in [0, 0.1) is 0 Å². The summed E-state index contributed by atoms with van der Waals surface area (Å²) in [7, 11) is 0. The lowest BCUT2D eigenvalue weighted by atomic mass is 10.0. The van der Waals surface area contributed by atoms with Gasteiger partial charge in [-0.25, -0.2) is 4.98 Å². The number of aromatic nitrogens is 1. The summed E-state index contributed by atoms with van der Waals surface area (Å²) in [5.41, 5.74) is 0.427. The summed E-state index contributed by atoms with van der Waals surface area (Å²) < 4.78 is 0. The average Bonchev–Trinajstić information content (AvgIpc) is 3.13. The summed E-state index contributed by atoms with van der Waals surface area (Å²) in [4.78, 5) is 8.41. The van der Waals surface area contributed by atoms with Crippen molar-refractivity contribution in [1.82, 2.24) is 4.98 Å². The smallest absolute Gasteiger partial charge is 0.185 e. The van der Waals surface area contributed by atoms with E-state index < -0.39 is 5.60 Å². The zero-order chi connectivity index (χ0) is 13.5. The van der Waals surface area contributed by atoms with Crippen molar-refractivity contribution in [2.75, 3.05) is 18.0 Å². The maximum absolute atomic E-state index is 10.4. The van der Waals surface area contributed by atoms with Crippen LogP contribution in [-0.2, 0) is 5.60 Å². The Morgan fingerprint density at radius 3 is 2.32 bits per heavy atom. The van der Waals surface area contributed by atoms with E-state index in [4.69, 9.17) is 4.98 Å². The lowest BCUT2D eigenvalue weighted by Crippen LogP contribution is -2.23. The topological polar surface area (TPSA) is 36.4 Å². The molecule has 1 N–H and O–H groups in total. The van der Waals surface area contributed by atoms with Crippen LogP contribution in [0.15, 0.2) is 0 Å². The zero-order valence-electron chi connectivity index (χ0n) is 12.0. The van der Waals surface area contributed by atoms with Gasteiger partial charge in [0.25, 0.3) is 0 Å². The lowest BCUT2D eigenvalue weighted by Gasteiger charge is -2.19. The Labute approximate surface area is 119 Å². The third kappa shape index (κ3) is 2.95. The summed E-state index contributed by atoms with van der Waals surface area (Å²) in [6.07, 6.45) is 7.72. The van der Waals surface area contributed by atoms with Gasteiger partial charge < -0.3 is 10.0 Å². The highest BCUT2D eigenvalue weighted by molar-refractivity contribution is 7.15. The lowest BCUT2D eigenvalue weighted by molar-refractivity contribution is 0.0813. The highest BCUT2D eigenvalue weighted by Gasteiger charge is 2.35. The molecule has 1 saturated carbocycles. The Hall–Kier alpha value is -0.610. The second-order valence-corrected chi connectivity index (χ2v) is 7.42. The highest BCUT2D eigenvalue weighted by atomic mass is 32.1. The maximum Gasteiger partial charge on any atom is 0.185 e. The Kier molecular flexibility index (Phi) is 3.56. The fourth-order valence-electron chi connectivity index (χ4n) is 2.79. The number of thiazole rings is 1. The summed E-state index contributed by atoms with van der Waals surface area (Å²) in [6.45, 7) is 6.03. The van der Waals surface area contributed by atoms with Crippen molar-refractivity contribution in [3.05, 3.63) is 10.6 Å². The molecule has 106 valence electrons. The van der Waals surface area contributed by atoms with Crippen LogP contribution >= 0.6 is 11.3 Å². The number of nitrogens with zero attached hydrogens (tertiary/aromatic N) is 2. The monoisotopic (exact) mass is 280 g/mol. The number of aliphatic hydroxyl groups is 1. The molecule has 0 bridgehead atoms. The van der Waals surface area contributed by atoms with Crippen LogP contribution in [0.5, 0.6) is 0 Å². The molecule has 2 fully saturated rings. The van der Waals surface area contributed by atoms with Crippen LogP contribution in [0.4, 0.5) is 5.13 Å². The molecule has 0 aromatic carbocycles. The minimum Gasteiger partial charge on any atom is -0.385 e. The Balaban J connectivity index is 1.89. The molecule has 2 aliphatic rings. The minimum atomic E-state index is -0.750. The van der Waals surface area contributed by atoms with Crippen LogP contribution in [0.2, 0.25) is 0 Å². The standard InChI is InChI=1S/C15H24N2OS/c1-15(2,18)13-12(11-7-8-11)16-14(19-13)17-9-5-3-4-6-10-17/h11,18H,3-10H2,1-2H3. The second kappa shape index (κ2) is 5.06. The Morgan fingerprint density at radius 2 is 1.79 bits per heavy atom. The van der Waals surface area contributed by atoms with E-state index in [0.29, 0.717) is 5.92 Å². The molecule has 0 spiro atoms. The molecule has 19 heavy (non-hydrogen) atoms. The number of rotatable bonds is 3. The SMILES string of the molecule is CC(C)(O)c1sc(N2CCCCCC2)nc1C1CC1. The highest BCUT2D eigenvalue weighted by Crippen LogP contribution is 2.47. The van der Waals surface area contributed by atoms with Crippen LogP contribution < -0.4 is 4.90 Å². The zero-order valence-corrected chi connectivity index (χ0v) is 12.8. The van der Waals surface area contributed by atoms with Crippen LogP contribution in [-0.4, -0.2) is 23.2 Å². The first-order valence-corrected chi connectivity index (χ1v) is 8.36. The van der Waals surface area contributed by atoms with Gasteiger partial charge in [-0.15, -0.1) is 0 Å². The second-order valence-electron chi connectivity index (χ2n) is 6.45. The first-order valence-electron chi connectivity index (χ1n) is 7.54. The number of hydrogen-bond donors (Lipinski definition) is 1. The quantitative estimate of drug-likeness (QED) is 0.918. The van der Waals surface area contributed by atoms with E-state index in [0.717, 1.165) is 23.1 Å². The first kappa shape index (κ1) is 13.4. The van der Waals surface area contributed by atoms with E-state index in [2.05, 4.69) is 4.90 Å². The fourth-order valence-corrected chi connectivity index (χ4v) is 3.99. The molecule has 0 amide bonds. The number of hydrogen-bond acceptors (Lipinski definition) is 4. The summed E-state index contributed by atoms with van der Waals surface area (Å²) in [5, 5.41) is 11.5. The van der Waals surface area contributed by atoms with Gasteiger partial charge in [0.15, 0.2) is 5.13 Å². The molecule has 1 saturated heterocycles. The van der Waals surface area contributed by atoms with E-state index in [1.165, 1.54) is 44.2 Å².